The van der Waals surface area contributed by atoms with E-state index in [0.717, 1.165) is 94.0 Å². The van der Waals surface area contributed by atoms with Gasteiger partial charge in [-0.25, -0.2) is 0 Å². The molecule has 10 aromatic rings. The van der Waals surface area contributed by atoms with Gasteiger partial charge in [0.05, 0.1) is 11.1 Å². The second kappa shape index (κ2) is 11.0. The summed E-state index contributed by atoms with van der Waals surface area (Å²) in [6, 6.07) is 61.7. The Morgan fingerprint density at radius 1 is 0.347 bits per heavy atom. The van der Waals surface area contributed by atoms with Crippen molar-refractivity contribution in [1.29, 1.82) is 0 Å². The van der Waals surface area contributed by atoms with Crippen molar-refractivity contribution >= 4 is 71.7 Å². The lowest BCUT2D eigenvalue weighted by Crippen LogP contribution is -2.09. The SMILES string of the molecule is c1ccc(-c2cccc3c2oc2c(-c4cc5c(oc6cccc(N(c7ccccc7)c7ccccc7)c65)c5ccccc45)cccc23)cc1. The lowest BCUT2D eigenvalue weighted by Gasteiger charge is -2.26. The molecule has 0 unspecified atom stereocenters. The molecule has 0 saturated carbocycles. The quantitative estimate of drug-likeness (QED) is 0.190. The molecular formula is C46H29NO2. The van der Waals surface area contributed by atoms with Crippen LogP contribution in [0.3, 0.4) is 0 Å². The Morgan fingerprint density at radius 2 is 0.878 bits per heavy atom. The Bertz CT molecular complexity index is 2770. The first-order valence-electron chi connectivity index (χ1n) is 16.6. The summed E-state index contributed by atoms with van der Waals surface area (Å²) in [6.45, 7) is 0. The maximum Gasteiger partial charge on any atom is 0.143 e. The first-order valence-corrected chi connectivity index (χ1v) is 16.6. The number of anilines is 3. The molecule has 0 fully saturated rings. The number of hydrogen-bond donors (Lipinski definition) is 0. The number of benzene rings is 8. The molecule has 2 heterocycles. The largest absolute Gasteiger partial charge is 0.455 e. The van der Waals surface area contributed by atoms with Gasteiger partial charge in [-0.15, -0.1) is 0 Å². The monoisotopic (exact) mass is 627 g/mol. The van der Waals surface area contributed by atoms with E-state index in [1.54, 1.807) is 0 Å². The summed E-state index contributed by atoms with van der Waals surface area (Å²) in [5.74, 6) is 0. The molecule has 0 N–H and O–H groups in total. The van der Waals surface area contributed by atoms with Gasteiger partial charge in [0.2, 0.25) is 0 Å². The van der Waals surface area contributed by atoms with Crippen molar-refractivity contribution in [1.82, 2.24) is 0 Å². The summed E-state index contributed by atoms with van der Waals surface area (Å²) < 4.78 is 13.7. The predicted octanol–water partition coefficient (Wildman–Crippen LogP) is 13.4. The Balaban J connectivity index is 1.28. The minimum atomic E-state index is 0.848. The van der Waals surface area contributed by atoms with Crippen molar-refractivity contribution in [3.8, 4) is 22.3 Å². The number of rotatable bonds is 5. The van der Waals surface area contributed by atoms with Gasteiger partial charge in [-0.05, 0) is 59.0 Å². The van der Waals surface area contributed by atoms with Gasteiger partial charge in [0.25, 0.3) is 0 Å². The minimum Gasteiger partial charge on any atom is -0.455 e. The molecule has 0 aliphatic heterocycles. The van der Waals surface area contributed by atoms with Crippen molar-refractivity contribution < 1.29 is 8.83 Å². The zero-order chi connectivity index (χ0) is 32.3. The Morgan fingerprint density at radius 3 is 1.57 bits per heavy atom. The van der Waals surface area contributed by atoms with Crippen LogP contribution in [-0.4, -0.2) is 0 Å². The standard InChI is InChI=1S/C46H29NO2/c1-4-15-30(16-5-1)33-23-12-24-36-37-25-13-26-38(45(37)49-44(33)36)39-29-40-43-41(47(31-17-6-2-7-18-31)32-19-8-3-9-20-32)27-14-28-42(43)48-46(40)35-22-11-10-21-34(35)39/h1-29H. The Labute approximate surface area is 282 Å². The van der Waals surface area contributed by atoms with Crippen LogP contribution in [0.4, 0.5) is 17.1 Å². The molecule has 0 radical (unpaired) electrons. The average molecular weight is 628 g/mol. The summed E-state index contributed by atoms with van der Waals surface area (Å²) in [6.07, 6.45) is 0. The van der Waals surface area contributed by atoms with E-state index in [1.807, 2.05) is 6.07 Å². The van der Waals surface area contributed by atoms with Crippen molar-refractivity contribution in [3.63, 3.8) is 0 Å². The van der Waals surface area contributed by atoms with Crippen LogP contribution in [-0.2, 0) is 0 Å². The highest BCUT2D eigenvalue weighted by Crippen LogP contribution is 2.48. The summed E-state index contributed by atoms with van der Waals surface area (Å²) in [5.41, 5.74) is 11.1. The van der Waals surface area contributed by atoms with Crippen LogP contribution in [0, 0.1) is 0 Å². The molecule has 0 aliphatic rings. The van der Waals surface area contributed by atoms with Gasteiger partial charge < -0.3 is 13.7 Å². The fourth-order valence-corrected chi connectivity index (χ4v) is 7.50. The molecule has 10 rings (SSSR count). The second-order valence-electron chi connectivity index (χ2n) is 12.4. The number of furan rings is 2. The number of fused-ring (bicyclic) bond motifs is 8. The van der Waals surface area contributed by atoms with Crippen molar-refractivity contribution in [2.45, 2.75) is 0 Å². The van der Waals surface area contributed by atoms with E-state index in [9.17, 15) is 0 Å². The first kappa shape index (κ1) is 27.5. The molecule has 0 aliphatic carbocycles. The smallest absolute Gasteiger partial charge is 0.143 e. The summed E-state index contributed by atoms with van der Waals surface area (Å²) >= 11 is 0. The van der Waals surface area contributed by atoms with E-state index < -0.39 is 0 Å². The van der Waals surface area contributed by atoms with Crippen molar-refractivity contribution in [2.24, 2.45) is 0 Å². The van der Waals surface area contributed by atoms with Crippen LogP contribution in [0.1, 0.15) is 0 Å². The molecule has 0 atom stereocenters. The van der Waals surface area contributed by atoms with E-state index in [-0.39, 0.29) is 0 Å². The Kier molecular flexibility index (Phi) is 6.18. The highest BCUT2D eigenvalue weighted by atomic mass is 16.3. The van der Waals surface area contributed by atoms with E-state index in [2.05, 4.69) is 175 Å². The normalized spacial score (nSPS) is 11.7. The fourth-order valence-electron chi connectivity index (χ4n) is 7.50. The van der Waals surface area contributed by atoms with Gasteiger partial charge in [0.1, 0.15) is 22.3 Å². The van der Waals surface area contributed by atoms with Crippen LogP contribution in [0.5, 0.6) is 0 Å². The molecule has 3 nitrogen and oxygen atoms in total. The molecule has 0 bridgehead atoms. The van der Waals surface area contributed by atoms with E-state index in [1.165, 1.54) is 0 Å². The summed E-state index contributed by atoms with van der Waals surface area (Å²) in [4.78, 5) is 2.32. The van der Waals surface area contributed by atoms with Crippen molar-refractivity contribution in [3.05, 3.63) is 176 Å². The zero-order valence-electron chi connectivity index (χ0n) is 26.5. The minimum absolute atomic E-state index is 0.848. The number of para-hydroxylation sites is 4. The highest BCUT2D eigenvalue weighted by molar-refractivity contribution is 6.24. The fraction of sp³-hybridized carbons (Fsp3) is 0. The zero-order valence-corrected chi connectivity index (χ0v) is 26.5. The van der Waals surface area contributed by atoms with Crippen LogP contribution in [0.15, 0.2) is 185 Å². The third-order valence-corrected chi connectivity index (χ3v) is 9.65. The second-order valence-corrected chi connectivity index (χ2v) is 12.4. The molecule has 2 aromatic heterocycles. The first-order chi connectivity index (χ1) is 24.3. The summed E-state index contributed by atoms with van der Waals surface area (Å²) in [5, 5.41) is 6.54. The topological polar surface area (TPSA) is 29.5 Å². The van der Waals surface area contributed by atoms with E-state index in [4.69, 9.17) is 8.83 Å². The highest BCUT2D eigenvalue weighted by Gasteiger charge is 2.23. The lowest BCUT2D eigenvalue weighted by molar-refractivity contribution is 0.670. The van der Waals surface area contributed by atoms with Crippen LogP contribution in [0.25, 0.3) is 76.9 Å². The van der Waals surface area contributed by atoms with Crippen LogP contribution >= 0.6 is 0 Å². The van der Waals surface area contributed by atoms with Gasteiger partial charge in [0.15, 0.2) is 0 Å². The molecule has 0 spiro atoms. The van der Waals surface area contributed by atoms with Crippen LogP contribution in [0.2, 0.25) is 0 Å². The maximum absolute atomic E-state index is 6.90. The van der Waals surface area contributed by atoms with Gasteiger partial charge >= 0.3 is 0 Å². The third kappa shape index (κ3) is 4.29. The maximum atomic E-state index is 6.90. The van der Waals surface area contributed by atoms with Crippen LogP contribution < -0.4 is 4.90 Å². The third-order valence-electron chi connectivity index (χ3n) is 9.65. The van der Waals surface area contributed by atoms with E-state index >= 15 is 0 Å². The predicted molar refractivity (Wildman–Crippen MR) is 204 cm³/mol. The summed E-state index contributed by atoms with van der Waals surface area (Å²) in [7, 11) is 0. The Hall–Kier alpha value is -6.58. The van der Waals surface area contributed by atoms with Gasteiger partial charge in [-0.2, -0.15) is 0 Å². The van der Waals surface area contributed by atoms with E-state index in [0.29, 0.717) is 0 Å². The molecule has 230 valence electrons. The van der Waals surface area contributed by atoms with Gasteiger partial charge in [-0.1, -0.05) is 133 Å². The number of nitrogens with zero attached hydrogens (tertiary/aromatic N) is 1. The molecule has 3 heteroatoms. The molecule has 49 heavy (non-hydrogen) atoms. The van der Waals surface area contributed by atoms with Crippen molar-refractivity contribution in [2.75, 3.05) is 4.90 Å². The van der Waals surface area contributed by atoms with Gasteiger partial charge in [0, 0.05) is 44.0 Å². The molecular weight excluding hydrogens is 599 g/mol. The average Bonchev–Trinajstić information content (AvgIpc) is 3.75. The lowest BCUT2D eigenvalue weighted by atomic mass is 9.93. The molecule has 0 amide bonds. The number of hydrogen-bond acceptors (Lipinski definition) is 3. The molecule has 0 saturated heterocycles. The van der Waals surface area contributed by atoms with Gasteiger partial charge in [-0.3, -0.25) is 0 Å². The molecule has 8 aromatic carbocycles.